The first kappa shape index (κ1) is 23.5. The Labute approximate surface area is 210 Å². The first-order valence-electron chi connectivity index (χ1n) is 11.8. The van der Waals surface area contributed by atoms with Gasteiger partial charge in [-0.2, -0.15) is 0 Å². The molecule has 2 aromatic carbocycles. The minimum Gasteiger partial charge on any atom is -0.438 e. The summed E-state index contributed by atoms with van der Waals surface area (Å²) in [6, 6.07) is 17.6. The number of nitrogens with zero attached hydrogens (tertiary/aromatic N) is 5. The van der Waals surface area contributed by atoms with E-state index in [0.717, 1.165) is 48.5 Å². The molecule has 0 spiro atoms. The largest absolute Gasteiger partial charge is 0.438 e. The molecule has 1 amide bonds. The van der Waals surface area contributed by atoms with Crippen LogP contribution in [0.2, 0.25) is 0 Å². The lowest BCUT2D eigenvalue weighted by molar-refractivity contribution is -0.111. The van der Waals surface area contributed by atoms with E-state index in [1.807, 2.05) is 6.07 Å². The van der Waals surface area contributed by atoms with Crippen molar-refractivity contribution < 1.29 is 9.53 Å². The number of rotatable bonds is 7. The van der Waals surface area contributed by atoms with Crippen LogP contribution in [0.5, 0.6) is 11.6 Å². The molecule has 9 nitrogen and oxygen atoms in total. The average Bonchev–Trinajstić information content (AvgIpc) is 3.34. The topological polar surface area (TPSA) is 89.6 Å². The van der Waals surface area contributed by atoms with E-state index in [0.29, 0.717) is 23.0 Å². The third-order valence-electron chi connectivity index (χ3n) is 6.35. The number of amides is 1. The van der Waals surface area contributed by atoms with Gasteiger partial charge < -0.3 is 24.9 Å². The smallest absolute Gasteiger partial charge is 0.247 e. The normalized spacial score (nSPS) is 14.5. The summed E-state index contributed by atoms with van der Waals surface area (Å²) in [5, 5.41) is 8.10. The molecule has 36 heavy (non-hydrogen) atoms. The summed E-state index contributed by atoms with van der Waals surface area (Å²) in [7, 11) is 4.27. The first-order chi connectivity index (χ1) is 17.5. The van der Waals surface area contributed by atoms with Crippen LogP contribution in [0.1, 0.15) is 0 Å². The molecule has 0 aliphatic carbocycles. The number of anilines is 2. The summed E-state index contributed by atoms with van der Waals surface area (Å²) < 4.78 is 6.06. The summed E-state index contributed by atoms with van der Waals surface area (Å²) in [5.74, 6) is 0.699. The molecule has 9 heteroatoms. The van der Waals surface area contributed by atoms with Gasteiger partial charge in [0.15, 0.2) is 0 Å². The zero-order chi connectivity index (χ0) is 25.1. The molecule has 4 aromatic rings. The Bertz CT molecular complexity index is 1370. The highest BCUT2D eigenvalue weighted by Gasteiger charge is 2.18. The fraction of sp³-hybridized carbons (Fsp3) is 0.222. The summed E-state index contributed by atoms with van der Waals surface area (Å²) in [6.45, 7) is 7.64. The Balaban J connectivity index is 1.35. The molecule has 1 aliphatic rings. The summed E-state index contributed by atoms with van der Waals surface area (Å²) in [4.78, 5) is 26.0. The molecule has 2 aromatic heterocycles. The van der Waals surface area contributed by atoms with Crippen LogP contribution in [0.4, 0.5) is 11.4 Å². The zero-order valence-corrected chi connectivity index (χ0v) is 20.4. The standard InChI is InChI=1S/C27H29N7O2/c1-4-25(35)30-20-6-5-7-22(16-20)36-27-23-17-24(31-26(23)28-18-29-27)19-8-10-21(11-9-19)33(3)34-14-12-32(2)13-15-34/h4-11,16-18H,1,12-15H2,2-3H3,(H,30,35)(H,28,29,31). The molecule has 1 saturated heterocycles. The van der Waals surface area contributed by atoms with Gasteiger partial charge in [-0.05, 0) is 49.0 Å². The molecule has 0 atom stereocenters. The maximum Gasteiger partial charge on any atom is 0.247 e. The maximum absolute atomic E-state index is 11.6. The number of fused-ring (bicyclic) bond motifs is 1. The Morgan fingerprint density at radius 1 is 1.11 bits per heavy atom. The lowest BCUT2D eigenvalue weighted by atomic mass is 10.1. The number of ether oxygens (including phenoxy) is 1. The third kappa shape index (κ3) is 5.07. The molecule has 5 rings (SSSR count). The van der Waals surface area contributed by atoms with Crippen molar-refractivity contribution in [2.24, 2.45) is 0 Å². The fourth-order valence-electron chi connectivity index (χ4n) is 4.21. The van der Waals surface area contributed by atoms with Crippen LogP contribution in [0.15, 0.2) is 73.6 Å². The van der Waals surface area contributed by atoms with Crippen LogP contribution in [0, 0.1) is 0 Å². The average molecular weight is 484 g/mol. The van der Waals surface area contributed by atoms with E-state index in [1.165, 1.54) is 12.4 Å². The van der Waals surface area contributed by atoms with Crippen molar-refractivity contribution in [2.45, 2.75) is 0 Å². The van der Waals surface area contributed by atoms with Crippen molar-refractivity contribution in [3.63, 3.8) is 0 Å². The van der Waals surface area contributed by atoms with Gasteiger partial charge >= 0.3 is 0 Å². The molecular weight excluding hydrogens is 454 g/mol. The second kappa shape index (κ2) is 10.2. The van der Waals surface area contributed by atoms with E-state index in [9.17, 15) is 4.79 Å². The van der Waals surface area contributed by atoms with Crippen molar-refractivity contribution in [1.82, 2.24) is 24.9 Å². The number of aromatic nitrogens is 3. The number of carbonyl (C=O) groups excluding carboxylic acids is 1. The number of hydrogen-bond donors (Lipinski definition) is 2. The number of nitrogens with one attached hydrogen (secondary N) is 2. The van der Waals surface area contributed by atoms with Crippen LogP contribution in [0.3, 0.4) is 0 Å². The Morgan fingerprint density at radius 3 is 2.64 bits per heavy atom. The number of hydrogen-bond acceptors (Lipinski definition) is 7. The van der Waals surface area contributed by atoms with Crippen LogP contribution >= 0.6 is 0 Å². The number of piperazine rings is 1. The van der Waals surface area contributed by atoms with E-state index in [-0.39, 0.29) is 5.91 Å². The highest BCUT2D eigenvalue weighted by molar-refractivity contribution is 5.99. The van der Waals surface area contributed by atoms with Gasteiger partial charge in [-0.1, -0.05) is 24.8 Å². The van der Waals surface area contributed by atoms with Gasteiger partial charge in [0.25, 0.3) is 0 Å². The van der Waals surface area contributed by atoms with Crippen LogP contribution in [-0.4, -0.2) is 71.0 Å². The van der Waals surface area contributed by atoms with Gasteiger partial charge in [0.05, 0.1) is 11.1 Å². The molecule has 1 fully saturated rings. The lowest BCUT2D eigenvalue weighted by Crippen LogP contribution is -2.51. The molecule has 3 heterocycles. The molecule has 0 unspecified atom stereocenters. The molecule has 184 valence electrons. The van der Waals surface area contributed by atoms with Crippen molar-refractivity contribution >= 4 is 28.3 Å². The van der Waals surface area contributed by atoms with Crippen LogP contribution < -0.4 is 15.1 Å². The summed E-state index contributed by atoms with van der Waals surface area (Å²) in [6.07, 6.45) is 2.69. The second-order valence-corrected chi connectivity index (χ2v) is 8.77. The van der Waals surface area contributed by atoms with Gasteiger partial charge in [-0.25, -0.2) is 15.0 Å². The number of benzene rings is 2. The minimum absolute atomic E-state index is 0.285. The predicted molar refractivity (Wildman–Crippen MR) is 142 cm³/mol. The predicted octanol–water partition coefficient (Wildman–Crippen LogP) is 4.14. The summed E-state index contributed by atoms with van der Waals surface area (Å²) in [5.41, 5.74) is 4.41. The van der Waals surface area contributed by atoms with Crippen LogP contribution in [0.25, 0.3) is 22.3 Å². The summed E-state index contributed by atoms with van der Waals surface area (Å²) >= 11 is 0. The van der Waals surface area contributed by atoms with Gasteiger partial charge in [0, 0.05) is 50.7 Å². The molecular formula is C27H29N7O2. The second-order valence-electron chi connectivity index (χ2n) is 8.77. The van der Waals surface area contributed by atoms with Gasteiger partial charge in [-0.3, -0.25) is 4.79 Å². The van der Waals surface area contributed by atoms with E-state index in [1.54, 1.807) is 24.3 Å². The zero-order valence-electron chi connectivity index (χ0n) is 20.4. The molecule has 2 N–H and O–H groups in total. The quantitative estimate of drug-likeness (QED) is 0.382. The van der Waals surface area contributed by atoms with Gasteiger partial charge in [0.1, 0.15) is 17.7 Å². The van der Waals surface area contributed by atoms with Crippen molar-refractivity contribution in [3.8, 4) is 22.9 Å². The first-order valence-corrected chi connectivity index (χ1v) is 11.8. The van der Waals surface area contributed by atoms with Crippen molar-refractivity contribution in [1.29, 1.82) is 0 Å². The van der Waals surface area contributed by atoms with Crippen LogP contribution in [-0.2, 0) is 4.79 Å². The highest BCUT2D eigenvalue weighted by atomic mass is 16.5. The van der Waals surface area contributed by atoms with Gasteiger partial charge in [0.2, 0.25) is 11.8 Å². The van der Waals surface area contributed by atoms with Gasteiger partial charge in [-0.15, -0.1) is 0 Å². The highest BCUT2D eigenvalue weighted by Crippen LogP contribution is 2.32. The SMILES string of the molecule is C=CC(=O)Nc1cccc(Oc2ncnc3[nH]c(-c4ccc(N(C)N5CCN(C)CC5)cc4)cc23)c1. The Morgan fingerprint density at radius 2 is 1.89 bits per heavy atom. The third-order valence-corrected chi connectivity index (χ3v) is 6.35. The maximum atomic E-state index is 11.6. The van der Waals surface area contributed by atoms with E-state index < -0.39 is 0 Å². The van der Waals surface area contributed by atoms with Crippen molar-refractivity contribution in [2.75, 3.05) is 50.6 Å². The molecule has 0 bridgehead atoms. The van der Waals surface area contributed by atoms with E-state index >= 15 is 0 Å². The molecule has 0 saturated carbocycles. The van der Waals surface area contributed by atoms with E-state index in [4.69, 9.17) is 4.74 Å². The number of H-pyrrole nitrogens is 1. The lowest BCUT2D eigenvalue weighted by Gasteiger charge is -2.39. The molecule has 1 aliphatic heterocycles. The molecule has 0 radical (unpaired) electrons. The minimum atomic E-state index is -0.285. The monoisotopic (exact) mass is 483 g/mol. The Hall–Kier alpha value is -4.21. The fourth-order valence-corrected chi connectivity index (χ4v) is 4.21. The number of hydrazine groups is 1. The number of aromatic amines is 1. The Kier molecular flexibility index (Phi) is 6.66. The number of carbonyl (C=O) groups is 1. The van der Waals surface area contributed by atoms with E-state index in [2.05, 4.69) is 80.1 Å². The van der Waals surface area contributed by atoms with Crippen molar-refractivity contribution in [3.05, 3.63) is 73.6 Å². The number of likely N-dealkylation sites (N-methyl/N-ethyl adjacent to an activating group) is 1.